The molecule has 4 N–H and O–H groups in total. The molecule has 3 rings (SSSR count). The molecule has 0 saturated heterocycles. The van der Waals surface area contributed by atoms with E-state index in [-0.39, 0.29) is 11.3 Å². The molecule has 0 atom stereocenters. The third kappa shape index (κ3) is 3.01. The largest absolute Gasteiger partial charge is 0.364 e. The smallest absolute Gasteiger partial charge is 0.265 e. The summed E-state index contributed by atoms with van der Waals surface area (Å²) in [6.45, 7) is 3.44. The Balaban J connectivity index is 1.92. The van der Waals surface area contributed by atoms with Crippen LogP contribution in [0.15, 0.2) is 36.5 Å². The molecule has 128 valence electrons. The van der Waals surface area contributed by atoms with Gasteiger partial charge in [0.05, 0.1) is 22.6 Å². The van der Waals surface area contributed by atoms with Crippen molar-refractivity contribution in [2.45, 2.75) is 13.8 Å². The quantitative estimate of drug-likeness (QED) is 0.678. The van der Waals surface area contributed by atoms with Crippen molar-refractivity contribution in [3.8, 4) is 5.69 Å². The summed E-state index contributed by atoms with van der Waals surface area (Å²) in [4.78, 5) is 26.1. The summed E-state index contributed by atoms with van der Waals surface area (Å²) in [7, 11) is 0. The number of primary amides is 1. The van der Waals surface area contributed by atoms with Gasteiger partial charge in [0.1, 0.15) is 17.2 Å². The molecule has 0 spiro atoms. The second-order valence-corrected chi connectivity index (χ2v) is 5.53. The highest BCUT2D eigenvalue weighted by molar-refractivity contribution is 6.06. The van der Waals surface area contributed by atoms with Crippen molar-refractivity contribution in [2.75, 3.05) is 5.32 Å². The van der Waals surface area contributed by atoms with E-state index in [9.17, 15) is 14.0 Å². The molecule has 1 aromatic carbocycles. The number of carbonyl (C=O) groups is 2. The molecule has 8 heteroatoms. The van der Waals surface area contributed by atoms with Gasteiger partial charge in [0, 0.05) is 6.20 Å². The second kappa shape index (κ2) is 6.23. The number of nitrogens with zero attached hydrogens (tertiary/aromatic N) is 2. The number of H-pyrrole nitrogens is 1. The van der Waals surface area contributed by atoms with Crippen LogP contribution in [0.25, 0.3) is 5.69 Å². The monoisotopic (exact) mass is 341 g/mol. The van der Waals surface area contributed by atoms with E-state index in [0.717, 1.165) is 0 Å². The minimum absolute atomic E-state index is 0.139. The molecule has 0 saturated carbocycles. The Labute approximate surface area is 142 Å². The lowest BCUT2D eigenvalue weighted by molar-refractivity contribution is 0.0995. The number of amides is 2. The van der Waals surface area contributed by atoms with E-state index in [1.54, 1.807) is 32.0 Å². The zero-order chi connectivity index (χ0) is 18.1. The highest BCUT2D eigenvalue weighted by Crippen LogP contribution is 2.24. The number of carbonyl (C=O) groups excluding carboxylic acids is 2. The fraction of sp³-hybridized carbons (Fsp3) is 0.118. The van der Waals surface area contributed by atoms with E-state index in [2.05, 4.69) is 15.4 Å². The number of hydrogen-bond donors (Lipinski definition) is 3. The average molecular weight is 341 g/mol. The van der Waals surface area contributed by atoms with E-state index >= 15 is 0 Å². The van der Waals surface area contributed by atoms with Gasteiger partial charge in [0.2, 0.25) is 0 Å². The van der Waals surface area contributed by atoms with Crippen molar-refractivity contribution < 1.29 is 14.0 Å². The van der Waals surface area contributed by atoms with Gasteiger partial charge in [-0.2, -0.15) is 5.10 Å². The molecule has 2 aromatic heterocycles. The summed E-state index contributed by atoms with van der Waals surface area (Å²) in [5.41, 5.74) is 7.46. The molecular weight excluding hydrogens is 325 g/mol. The third-order valence-electron chi connectivity index (χ3n) is 3.82. The highest BCUT2D eigenvalue weighted by Gasteiger charge is 2.18. The molecule has 0 aliphatic heterocycles. The van der Waals surface area contributed by atoms with Gasteiger partial charge in [-0.1, -0.05) is 12.1 Å². The van der Waals surface area contributed by atoms with Crippen LogP contribution in [0.3, 0.4) is 0 Å². The topological polar surface area (TPSA) is 106 Å². The van der Waals surface area contributed by atoms with Crippen molar-refractivity contribution in [1.29, 1.82) is 0 Å². The maximum absolute atomic E-state index is 14.0. The molecule has 2 heterocycles. The van der Waals surface area contributed by atoms with Gasteiger partial charge in [-0.15, -0.1) is 0 Å². The molecule has 0 radical (unpaired) electrons. The number of nitrogens with two attached hydrogens (primary N) is 1. The first-order valence-electron chi connectivity index (χ1n) is 7.49. The molecule has 7 nitrogen and oxygen atoms in total. The Kier molecular flexibility index (Phi) is 4.10. The van der Waals surface area contributed by atoms with E-state index < -0.39 is 17.6 Å². The van der Waals surface area contributed by atoms with E-state index in [4.69, 9.17) is 5.73 Å². The van der Waals surface area contributed by atoms with Gasteiger partial charge in [0.25, 0.3) is 11.8 Å². The van der Waals surface area contributed by atoms with Gasteiger partial charge in [-0.05, 0) is 32.0 Å². The molecule has 3 aromatic rings. The number of aryl methyl sites for hydroxylation is 1. The Morgan fingerprint density at radius 3 is 2.64 bits per heavy atom. The molecule has 0 aliphatic rings. The molecule has 25 heavy (non-hydrogen) atoms. The predicted molar refractivity (Wildman–Crippen MR) is 90.3 cm³/mol. The van der Waals surface area contributed by atoms with Gasteiger partial charge < -0.3 is 16.0 Å². The number of benzene rings is 1. The number of nitrogens with one attached hydrogen (secondary N) is 2. The van der Waals surface area contributed by atoms with Crippen LogP contribution in [0.1, 0.15) is 32.2 Å². The molecule has 0 unspecified atom stereocenters. The molecular formula is C17H16FN5O2. The SMILES string of the molecule is Cc1nn(-c2ccccc2F)c(C)c1NC(=O)c1c[nH]c(C(N)=O)c1. The molecule has 0 aliphatic carbocycles. The van der Waals surface area contributed by atoms with Crippen molar-refractivity contribution in [2.24, 2.45) is 5.73 Å². The standard InChI is InChI=1S/C17H16FN5O2/c1-9-15(21-17(25)11-7-13(16(19)24)20-8-11)10(2)23(22-9)14-6-4-3-5-12(14)18/h3-8,20H,1-2H3,(H2,19,24)(H,21,25). The second-order valence-electron chi connectivity index (χ2n) is 5.53. The fourth-order valence-corrected chi connectivity index (χ4v) is 2.54. The Hall–Kier alpha value is -3.42. The Morgan fingerprint density at radius 2 is 2.00 bits per heavy atom. The van der Waals surface area contributed by atoms with Crippen LogP contribution in [0.2, 0.25) is 0 Å². The van der Waals surface area contributed by atoms with Crippen molar-refractivity contribution in [3.63, 3.8) is 0 Å². The van der Waals surface area contributed by atoms with Crippen molar-refractivity contribution >= 4 is 17.5 Å². The summed E-state index contributed by atoms with van der Waals surface area (Å²) < 4.78 is 15.4. The number of halogens is 1. The number of anilines is 1. The molecule has 2 amide bonds. The maximum Gasteiger partial charge on any atom is 0.265 e. The summed E-state index contributed by atoms with van der Waals surface area (Å²) in [5, 5.41) is 7.04. The first-order chi connectivity index (χ1) is 11.9. The van der Waals surface area contributed by atoms with E-state index in [0.29, 0.717) is 22.8 Å². The number of aromatic amines is 1. The van der Waals surface area contributed by atoms with Crippen LogP contribution in [0.5, 0.6) is 0 Å². The van der Waals surface area contributed by atoms with Crippen LogP contribution in [-0.2, 0) is 0 Å². The first kappa shape index (κ1) is 16.4. The minimum atomic E-state index is -0.654. The number of para-hydroxylation sites is 1. The van der Waals surface area contributed by atoms with Crippen LogP contribution in [0, 0.1) is 19.7 Å². The van der Waals surface area contributed by atoms with Gasteiger partial charge in [-0.25, -0.2) is 9.07 Å². The van der Waals surface area contributed by atoms with Crippen LogP contribution >= 0.6 is 0 Å². The summed E-state index contributed by atoms with van der Waals surface area (Å²) in [6, 6.07) is 7.61. The molecule has 0 bridgehead atoms. The fourth-order valence-electron chi connectivity index (χ4n) is 2.54. The lowest BCUT2D eigenvalue weighted by Crippen LogP contribution is -2.13. The number of hydrogen-bond acceptors (Lipinski definition) is 3. The summed E-state index contributed by atoms with van der Waals surface area (Å²) in [6.07, 6.45) is 1.39. The van der Waals surface area contributed by atoms with Crippen LogP contribution in [0.4, 0.5) is 10.1 Å². The van der Waals surface area contributed by atoms with Crippen molar-refractivity contribution in [3.05, 3.63) is 65.0 Å². The summed E-state index contributed by atoms with van der Waals surface area (Å²) >= 11 is 0. The first-order valence-corrected chi connectivity index (χ1v) is 7.49. The lowest BCUT2D eigenvalue weighted by atomic mass is 10.2. The van der Waals surface area contributed by atoms with Gasteiger partial charge in [-0.3, -0.25) is 9.59 Å². The average Bonchev–Trinajstić information content (AvgIpc) is 3.16. The van der Waals surface area contributed by atoms with Crippen LogP contribution < -0.4 is 11.1 Å². The Bertz CT molecular complexity index is 973. The maximum atomic E-state index is 14.0. The normalized spacial score (nSPS) is 10.7. The predicted octanol–water partition coefficient (Wildman–Crippen LogP) is 2.31. The number of rotatable bonds is 4. The van der Waals surface area contributed by atoms with E-state index in [1.165, 1.54) is 23.0 Å². The molecule has 0 fully saturated rings. The summed E-state index contributed by atoms with van der Waals surface area (Å²) in [5.74, 6) is -1.50. The zero-order valence-corrected chi connectivity index (χ0v) is 13.6. The lowest BCUT2D eigenvalue weighted by Gasteiger charge is -2.07. The Morgan fingerprint density at radius 1 is 1.28 bits per heavy atom. The number of aromatic nitrogens is 3. The highest BCUT2D eigenvalue weighted by atomic mass is 19.1. The minimum Gasteiger partial charge on any atom is -0.364 e. The zero-order valence-electron chi connectivity index (χ0n) is 13.6. The van der Waals surface area contributed by atoms with Gasteiger partial charge in [0.15, 0.2) is 0 Å². The van der Waals surface area contributed by atoms with E-state index in [1.807, 2.05) is 0 Å². The third-order valence-corrected chi connectivity index (χ3v) is 3.82. The van der Waals surface area contributed by atoms with Gasteiger partial charge >= 0.3 is 0 Å². The van der Waals surface area contributed by atoms with Crippen LogP contribution in [-0.4, -0.2) is 26.6 Å². The van der Waals surface area contributed by atoms with Crippen molar-refractivity contribution in [1.82, 2.24) is 14.8 Å².